The predicted molar refractivity (Wildman–Crippen MR) is 75.7 cm³/mol. The number of halogens is 2. The van der Waals surface area contributed by atoms with Gasteiger partial charge in [-0.3, -0.25) is 4.79 Å². The van der Waals surface area contributed by atoms with Crippen molar-refractivity contribution in [2.45, 2.75) is 32.4 Å². The van der Waals surface area contributed by atoms with E-state index < -0.39 is 0 Å². The Hall–Kier alpha value is -1.13. The fraction of sp³-hybridized carbons (Fsp3) is 0.500. The molecule has 1 amide bonds. The molecule has 19 heavy (non-hydrogen) atoms. The van der Waals surface area contributed by atoms with E-state index in [1.54, 1.807) is 6.07 Å². The first-order valence-electron chi connectivity index (χ1n) is 6.40. The number of carbonyl (C=O) groups excluding carboxylic acids is 1. The Bertz CT molecular complexity index is 428. The average molecular weight is 287 g/mol. The number of carbonyl (C=O) groups is 1. The van der Waals surface area contributed by atoms with Gasteiger partial charge in [-0.05, 0) is 44.0 Å². The molecule has 1 aromatic rings. The molecule has 0 aromatic heterocycles. The molecule has 1 aromatic carbocycles. The zero-order valence-electron chi connectivity index (χ0n) is 11.0. The SMILES string of the molecule is C[C@H]1C[C@@H](C(=O)NCc2cccc(F)c2)CCN1.Cl. The van der Waals surface area contributed by atoms with E-state index in [-0.39, 0.29) is 30.0 Å². The molecule has 0 aliphatic carbocycles. The zero-order chi connectivity index (χ0) is 13.0. The zero-order valence-corrected chi connectivity index (χ0v) is 11.8. The molecule has 0 radical (unpaired) electrons. The third-order valence-electron chi connectivity index (χ3n) is 3.35. The second-order valence-electron chi connectivity index (χ2n) is 4.92. The molecular formula is C14H20ClFN2O. The lowest BCUT2D eigenvalue weighted by molar-refractivity contribution is -0.126. The van der Waals surface area contributed by atoms with Gasteiger partial charge in [-0.2, -0.15) is 0 Å². The average Bonchev–Trinajstić information content (AvgIpc) is 2.36. The number of nitrogens with one attached hydrogen (secondary N) is 2. The Balaban J connectivity index is 0.00000180. The fourth-order valence-electron chi connectivity index (χ4n) is 2.35. The van der Waals surface area contributed by atoms with Crippen molar-refractivity contribution in [1.29, 1.82) is 0 Å². The van der Waals surface area contributed by atoms with Gasteiger partial charge in [0.15, 0.2) is 0 Å². The molecule has 1 aliphatic rings. The highest BCUT2D eigenvalue weighted by molar-refractivity contribution is 5.85. The van der Waals surface area contributed by atoms with E-state index in [9.17, 15) is 9.18 Å². The van der Waals surface area contributed by atoms with Crippen molar-refractivity contribution in [3.63, 3.8) is 0 Å². The van der Waals surface area contributed by atoms with Crippen LogP contribution in [0.4, 0.5) is 4.39 Å². The van der Waals surface area contributed by atoms with Crippen molar-refractivity contribution >= 4 is 18.3 Å². The monoisotopic (exact) mass is 286 g/mol. The third-order valence-corrected chi connectivity index (χ3v) is 3.35. The number of benzene rings is 1. The topological polar surface area (TPSA) is 41.1 Å². The molecule has 106 valence electrons. The number of rotatable bonds is 3. The summed E-state index contributed by atoms with van der Waals surface area (Å²) >= 11 is 0. The van der Waals surface area contributed by atoms with E-state index in [0.717, 1.165) is 24.9 Å². The van der Waals surface area contributed by atoms with Crippen LogP contribution in [0, 0.1) is 11.7 Å². The van der Waals surface area contributed by atoms with Crippen molar-refractivity contribution in [2.75, 3.05) is 6.54 Å². The summed E-state index contributed by atoms with van der Waals surface area (Å²) in [6.45, 7) is 3.38. The van der Waals surface area contributed by atoms with Gasteiger partial charge >= 0.3 is 0 Å². The summed E-state index contributed by atoms with van der Waals surface area (Å²) in [5.41, 5.74) is 0.797. The quantitative estimate of drug-likeness (QED) is 0.895. The summed E-state index contributed by atoms with van der Waals surface area (Å²) < 4.78 is 13.0. The number of hydrogen-bond donors (Lipinski definition) is 2. The van der Waals surface area contributed by atoms with Gasteiger partial charge in [-0.15, -0.1) is 12.4 Å². The number of amides is 1. The minimum absolute atomic E-state index is 0. The maximum Gasteiger partial charge on any atom is 0.223 e. The van der Waals surface area contributed by atoms with Crippen LogP contribution in [0.2, 0.25) is 0 Å². The van der Waals surface area contributed by atoms with Gasteiger partial charge in [0.05, 0.1) is 0 Å². The molecule has 0 saturated carbocycles. The molecular weight excluding hydrogens is 267 g/mol. The third kappa shape index (κ3) is 4.80. The Kier molecular flexibility index (Phi) is 6.25. The summed E-state index contributed by atoms with van der Waals surface area (Å²) in [7, 11) is 0. The van der Waals surface area contributed by atoms with Crippen molar-refractivity contribution in [3.8, 4) is 0 Å². The lowest BCUT2D eigenvalue weighted by Gasteiger charge is -2.27. The van der Waals surface area contributed by atoms with Crippen LogP contribution >= 0.6 is 12.4 Å². The highest BCUT2D eigenvalue weighted by Gasteiger charge is 2.24. The molecule has 0 spiro atoms. The van der Waals surface area contributed by atoms with Crippen molar-refractivity contribution in [1.82, 2.24) is 10.6 Å². The van der Waals surface area contributed by atoms with Gasteiger partial charge in [0, 0.05) is 18.5 Å². The Morgan fingerprint density at radius 2 is 2.32 bits per heavy atom. The van der Waals surface area contributed by atoms with Crippen LogP contribution in [-0.4, -0.2) is 18.5 Å². The molecule has 2 rings (SSSR count). The van der Waals surface area contributed by atoms with E-state index >= 15 is 0 Å². The van der Waals surface area contributed by atoms with Gasteiger partial charge in [-0.25, -0.2) is 4.39 Å². The van der Waals surface area contributed by atoms with E-state index in [4.69, 9.17) is 0 Å². The van der Waals surface area contributed by atoms with Gasteiger partial charge in [0.2, 0.25) is 5.91 Å². The Morgan fingerprint density at radius 3 is 3.00 bits per heavy atom. The first-order chi connectivity index (χ1) is 8.65. The van der Waals surface area contributed by atoms with E-state index in [1.807, 2.05) is 6.07 Å². The molecule has 1 saturated heterocycles. The summed E-state index contributed by atoms with van der Waals surface area (Å²) in [5.74, 6) is -0.111. The minimum atomic E-state index is -0.266. The Morgan fingerprint density at radius 1 is 1.53 bits per heavy atom. The first-order valence-corrected chi connectivity index (χ1v) is 6.40. The second-order valence-corrected chi connectivity index (χ2v) is 4.92. The number of piperidine rings is 1. The van der Waals surface area contributed by atoms with E-state index in [2.05, 4.69) is 17.6 Å². The molecule has 1 fully saturated rings. The van der Waals surface area contributed by atoms with Crippen molar-refractivity contribution in [3.05, 3.63) is 35.6 Å². The van der Waals surface area contributed by atoms with Crippen LogP contribution in [0.25, 0.3) is 0 Å². The summed E-state index contributed by atoms with van der Waals surface area (Å²) in [5, 5.41) is 6.20. The predicted octanol–water partition coefficient (Wildman–Crippen LogP) is 2.25. The summed E-state index contributed by atoms with van der Waals surface area (Å²) in [6, 6.07) is 6.71. The minimum Gasteiger partial charge on any atom is -0.352 e. The largest absolute Gasteiger partial charge is 0.352 e. The maximum absolute atomic E-state index is 13.0. The van der Waals surface area contributed by atoms with Crippen molar-refractivity contribution in [2.24, 2.45) is 5.92 Å². The van der Waals surface area contributed by atoms with Gasteiger partial charge in [-0.1, -0.05) is 12.1 Å². The maximum atomic E-state index is 13.0. The van der Waals surface area contributed by atoms with Gasteiger partial charge < -0.3 is 10.6 Å². The first kappa shape index (κ1) is 15.9. The second kappa shape index (κ2) is 7.46. The smallest absolute Gasteiger partial charge is 0.223 e. The van der Waals surface area contributed by atoms with Crippen LogP contribution in [0.1, 0.15) is 25.3 Å². The highest BCUT2D eigenvalue weighted by atomic mass is 35.5. The van der Waals surface area contributed by atoms with E-state index in [0.29, 0.717) is 12.6 Å². The molecule has 0 bridgehead atoms. The molecule has 3 nitrogen and oxygen atoms in total. The van der Waals surface area contributed by atoms with Crippen molar-refractivity contribution < 1.29 is 9.18 Å². The van der Waals surface area contributed by atoms with Gasteiger partial charge in [0.1, 0.15) is 5.82 Å². The highest BCUT2D eigenvalue weighted by Crippen LogP contribution is 2.16. The fourth-order valence-corrected chi connectivity index (χ4v) is 2.35. The van der Waals surface area contributed by atoms with Crippen LogP contribution in [0.3, 0.4) is 0 Å². The summed E-state index contributed by atoms with van der Waals surface area (Å²) in [6.07, 6.45) is 1.74. The standard InChI is InChI=1S/C14H19FN2O.ClH/c1-10-7-12(5-6-16-10)14(18)17-9-11-3-2-4-13(15)8-11;/h2-4,8,10,12,16H,5-7,9H2,1H3,(H,17,18);1H/t10-,12-;/m0./s1. The van der Waals surface area contributed by atoms with E-state index in [1.165, 1.54) is 12.1 Å². The lowest BCUT2D eigenvalue weighted by Crippen LogP contribution is -2.42. The molecule has 2 N–H and O–H groups in total. The Labute approximate surface area is 119 Å². The molecule has 0 unspecified atom stereocenters. The van der Waals surface area contributed by atoms with Crippen LogP contribution in [0.5, 0.6) is 0 Å². The lowest BCUT2D eigenvalue weighted by atomic mass is 9.92. The summed E-state index contributed by atoms with van der Waals surface area (Å²) in [4.78, 5) is 12.0. The normalized spacial score (nSPS) is 22.4. The van der Waals surface area contributed by atoms with Crippen LogP contribution in [0.15, 0.2) is 24.3 Å². The van der Waals surface area contributed by atoms with Crippen LogP contribution in [-0.2, 0) is 11.3 Å². The molecule has 5 heteroatoms. The van der Waals surface area contributed by atoms with Gasteiger partial charge in [0.25, 0.3) is 0 Å². The number of hydrogen-bond acceptors (Lipinski definition) is 2. The molecule has 1 heterocycles. The van der Waals surface area contributed by atoms with Crippen LogP contribution < -0.4 is 10.6 Å². The molecule has 2 atom stereocenters. The molecule has 1 aliphatic heterocycles.